The number of aromatic nitrogens is 6. The van der Waals surface area contributed by atoms with Crippen LogP contribution in [0, 0.1) is 78.7 Å². The smallest absolute Gasteiger partial charge is 0.258 e. The van der Waals surface area contributed by atoms with Crippen molar-refractivity contribution in [3.8, 4) is 51.4 Å². The highest BCUT2D eigenvalue weighted by atomic mass is 35.5. The molecule has 0 unspecified atom stereocenters. The number of carbonyl (C=O) groups excluding carboxylic acids is 1. The van der Waals surface area contributed by atoms with Gasteiger partial charge in [-0.2, -0.15) is 0 Å². The number of pyridine rings is 6. The van der Waals surface area contributed by atoms with Crippen molar-refractivity contribution in [2.24, 2.45) is 21.1 Å². The van der Waals surface area contributed by atoms with Crippen LogP contribution in [-0.4, -0.2) is 77.4 Å². The van der Waals surface area contributed by atoms with E-state index in [1.54, 1.807) is 110 Å². The number of benzene rings is 14. The van der Waals surface area contributed by atoms with Crippen molar-refractivity contribution in [1.82, 2.24) is 28.7 Å². The maximum absolute atomic E-state index is 14.1. The standard InChI is InChI=1S/2C16H15NO2.C15H12FNO2.C15H13NO2.C14H10ClNO2.C14H9F2NO2.C14H10FNO2/c1-9-4-5-11-12-7-10(2)15(18)8-14(12)17(3)16(19)13(11)6-9;1-10-3-5-13-11(7-10)8-16(19)17(2)15-9-12(18)4-6-14(13)15;1-8-3-4-9-10-6-12(16)14(18)7-13(10)17(2)15(19)11(9)5-8;1-9-3-5-11-12-6-4-10(17)8-14(12)16(2)15(18)13(11)7-9;1-7-4-10-13(11(15)5-7)9-3-2-8(17)6-12(9)16-14(10)18;1-6-2-8-12(9(15)3-6)13-10(16)4-7(18)5-11(13)17-14(8)19;1-7-2-3-9-10(4-7)14(18)16-12-6-8(17)5-11(15)13(9)12/h4-8,18H,1-3H3;3-7,9,18H,8H2,1-2H3;3-7,18H,1-2H3;3-8,17H,1-2H3;2-6,17H,1H3,(H,16,18);2-5,18H,1H3,(H,17,19);2-6,17H,1H3,(H,16,18). The minimum atomic E-state index is -0.779. The largest absolute Gasteiger partial charge is 0.508 e. The Morgan fingerprint density at radius 2 is 0.685 bits per heavy atom. The summed E-state index contributed by atoms with van der Waals surface area (Å²) >= 11 is 6.24. The van der Waals surface area contributed by atoms with Crippen LogP contribution in [0.4, 0.5) is 23.2 Å². The van der Waals surface area contributed by atoms with Crippen LogP contribution in [0.15, 0.2) is 247 Å². The molecule has 0 radical (unpaired) electrons. The van der Waals surface area contributed by atoms with Crippen molar-refractivity contribution in [2.45, 2.75) is 61.8 Å². The van der Waals surface area contributed by atoms with E-state index in [2.05, 4.69) is 21.0 Å². The molecule has 6 aromatic heterocycles. The Balaban J connectivity index is 0.000000116. The van der Waals surface area contributed by atoms with Gasteiger partial charge in [0.15, 0.2) is 11.6 Å². The van der Waals surface area contributed by atoms with Crippen molar-refractivity contribution in [1.29, 1.82) is 0 Å². The zero-order valence-electron chi connectivity index (χ0n) is 72.2. The van der Waals surface area contributed by atoms with E-state index in [0.29, 0.717) is 71.3 Å². The Labute approximate surface area is 741 Å². The number of aromatic amines is 3. The van der Waals surface area contributed by atoms with Gasteiger partial charge in [0.25, 0.3) is 33.4 Å². The first-order valence-corrected chi connectivity index (χ1v) is 41.2. The highest BCUT2D eigenvalue weighted by Crippen LogP contribution is 2.41. The summed E-state index contributed by atoms with van der Waals surface area (Å²) in [5.41, 5.74) is 13.1. The van der Waals surface area contributed by atoms with Gasteiger partial charge in [0.1, 0.15) is 51.9 Å². The van der Waals surface area contributed by atoms with Crippen LogP contribution in [-0.2, 0) is 32.4 Å². The third kappa shape index (κ3) is 17.1. The number of amides is 1. The second kappa shape index (κ2) is 35.1. The third-order valence-corrected chi connectivity index (χ3v) is 23.4. The molecule has 1 aliphatic heterocycles. The highest BCUT2D eigenvalue weighted by molar-refractivity contribution is 6.38. The molecule has 0 saturated carbocycles. The molecule has 0 fully saturated rings. The van der Waals surface area contributed by atoms with Crippen molar-refractivity contribution >= 4 is 153 Å². The fourth-order valence-corrected chi connectivity index (χ4v) is 17.0. The number of carbonyl (C=O) groups is 1. The van der Waals surface area contributed by atoms with Crippen molar-refractivity contribution < 1.29 is 58.1 Å². The number of anilines is 1. The lowest BCUT2D eigenvalue weighted by atomic mass is 9.96. The Kier molecular flexibility index (Phi) is 24.0. The molecule has 0 spiro atoms. The summed E-state index contributed by atoms with van der Waals surface area (Å²) in [6.45, 7) is 15.2. The van der Waals surface area contributed by atoms with Gasteiger partial charge in [-0.25, -0.2) is 17.6 Å². The number of hydrogen-bond acceptors (Lipinski definition) is 14. The van der Waals surface area contributed by atoms with Crippen molar-refractivity contribution in [3.63, 3.8) is 0 Å². The first-order chi connectivity index (χ1) is 61.7. The fraction of sp³-hybridized carbons (Fsp3) is 0.125. The number of phenolic OH excluding ortho intramolecular Hbond substituents is 7. The number of aromatic hydroxyl groups is 7. The summed E-state index contributed by atoms with van der Waals surface area (Å²) in [4.78, 5) is 94.4. The Bertz CT molecular complexity index is 8460. The topological polar surface area (TPSA) is 326 Å². The van der Waals surface area contributed by atoms with Gasteiger partial charge in [-0.1, -0.05) is 106 Å². The van der Waals surface area contributed by atoms with E-state index in [4.69, 9.17) is 11.6 Å². The summed E-state index contributed by atoms with van der Waals surface area (Å²) in [5.74, 6) is -2.94. The number of rotatable bonds is 0. The molecule has 130 heavy (non-hydrogen) atoms. The minimum absolute atomic E-state index is 0.0329. The zero-order valence-corrected chi connectivity index (χ0v) is 72.9. The monoisotopic (exact) mass is 1770 g/mol. The average Bonchev–Trinajstić information content (AvgIpc) is 1.56. The molecule has 654 valence electrons. The molecule has 0 saturated heterocycles. The summed E-state index contributed by atoms with van der Waals surface area (Å²) in [6, 6.07) is 60.8. The zero-order chi connectivity index (χ0) is 93.3. The van der Waals surface area contributed by atoms with Gasteiger partial charge in [0.05, 0.1) is 50.6 Å². The molecule has 1 amide bonds. The van der Waals surface area contributed by atoms with E-state index in [9.17, 15) is 86.9 Å². The molecule has 0 aliphatic carbocycles. The number of halogens is 5. The number of H-pyrrole nitrogens is 3. The number of likely N-dealkylation sites (N-methyl/N-ethyl adjacent to an activating group) is 1. The number of phenols is 7. The molecular weight excluding hydrogens is 1680 g/mol. The lowest BCUT2D eigenvalue weighted by Gasteiger charge is -2.17. The van der Waals surface area contributed by atoms with Crippen LogP contribution in [0.3, 0.4) is 0 Å². The Hall–Kier alpha value is -16.0. The van der Waals surface area contributed by atoms with Gasteiger partial charge in [-0.3, -0.25) is 33.6 Å². The summed E-state index contributed by atoms with van der Waals surface area (Å²) in [5, 5.41) is 77.7. The highest BCUT2D eigenvalue weighted by Gasteiger charge is 2.25. The lowest BCUT2D eigenvalue weighted by molar-refractivity contribution is -0.117. The van der Waals surface area contributed by atoms with E-state index in [0.717, 1.165) is 128 Å². The van der Waals surface area contributed by atoms with Crippen molar-refractivity contribution in [3.05, 3.63) is 359 Å². The van der Waals surface area contributed by atoms with Gasteiger partial charge in [0, 0.05) is 163 Å². The Morgan fingerprint density at radius 1 is 0.292 bits per heavy atom. The summed E-state index contributed by atoms with van der Waals surface area (Å²) in [6.07, 6.45) is 0.392. The first kappa shape index (κ1) is 88.8. The maximum atomic E-state index is 14.1. The second-order valence-corrected chi connectivity index (χ2v) is 33.0. The fourth-order valence-electron chi connectivity index (χ4n) is 16.7. The van der Waals surface area contributed by atoms with Gasteiger partial charge >= 0.3 is 0 Å². The maximum Gasteiger partial charge on any atom is 0.258 e. The normalized spacial score (nSPS) is 11.6. The van der Waals surface area contributed by atoms with Gasteiger partial charge < -0.3 is 69.3 Å². The molecular formula is C104H84ClF4N7O14. The van der Waals surface area contributed by atoms with Gasteiger partial charge in [-0.15, -0.1) is 0 Å². The molecule has 7 heterocycles. The molecule has 26 heteroatoms. The number of fused-ring (bicyclic) bond motifs is 21. The number of hydrogen-bond donors (Lipinski definition) is 10. The van der Waals surface area contributed by atoms with E-state index < -0.39 is 34.6 Å². The van der Waals surface area contributed by atoms with Crippen molar-refractivity contribution in [2.75, 3.05) is 11.9 Å². The number of nitrogens with one attached hydrogen (secondary N) is 3. The molecule has 21 nitrogen and oxygen atoms in total. The van der Waals surface area contributed by atoms with Crippen LogP contribution >= 0.6 is 11.6 Å². The summed E-state index contributed by atoms with van der Waals surface area (Å²) < 4.78 is 60.1. The third-order valence-electron chi connectivity index (χ3n) is 23.1. The second-order valence-electron chi connectivity index (χ2n) is 32.6. The predicted octanol–water partition coefficient (Wildman–Crippen LogP) is 20.6. The van der Waals surface area contributed by atoms with E-state index in [1.165, 1.54) is 47.0 Å². The molecule has 0 atom stereocenters. The predicted molar refractivity (Wildman–Crippen MR) is 510 cm³/mol. The molecule has 21 rings (SSSR count). The minimum Gasteiger partial charge on any atom is -0.508 e. The van der Waals surface area contributed by atoms with Gasteiger partial charge in [-0.05, 0) is 202 Å². The quantitative estimate of drug-likeness (QED) is 0.0499. The molecule has 10 N–H and O–H groups in total. The molecule has 1 aliphatic rings. The van der Waals surface area contributed by atoms with E-state index in [1.807, 2.05) is 146 Å². The lowest BCUT2D eigenvalue weighted by Crippen LogP contribution is -2.26. The van der Waals surface area contributed by atoms with Crippen LogP contribution in [0.5, 0.6) is 40.2 Å². The van der Waals surface area contributed by atoms with Crippen LogP contribution in [0.2, 0.25) is 5.02 Å². The summed E-state index contributed by atoms with van der Waals surface area (Å²) in [7, 11) is 6.83. The molecule has 14 aromatic carbocycles. The number of aryl methyl sites for hydroxylation is 11. The van der Waals surface area contributed by atoms with E-state index in [-0.39, 0.29) is 89.9 Å². The average molecular weight is 1770 g/mol. The first-order valence-electron chi connectivity index (χ1n) is 40.8. The number of nitrogens with zero attached hydrogens (tertiary/aromatic N) is 4. The van der Waals surface area contributed by atoms with Gasteiger partial charge in [0.2, 0.25) is 5.91 Å². The van der Waals surface area contributed by atoms with Crippen LogP contribution in [0.1, 0.15) is 50.1 Å². The van der Waals surface area contributed by atoms with Crippen LogP contribution < -0.4 is 38.3 Å². The van der Waals surface area contributed by atoms with Crippen LogP contribution in [0.25, 0.3) is 141 Å². The SMILES string of the molecule is Cc1cc(Cl)c2c(c1)c(=O)[nH]c1cc(O)ccc12.Cc1cc(F)c2c(c1)c(=O)[nH]c1cc(O)cc(F)c12.Cc1ccc2c(c1)CC(=O)N(C)c1cc(O)ccc1-2.Cc1ccc2c(c1)c(=O)[nH]c1cc(O)cc(F)c12.Cc1ccc2c(c1)c(=O)n(C)c1cc(O)c(C)cc21.Cc1ccc2c(c1)c(=O)n(C)c1cc(O)c(F)cc21.Cc1ccc2c(c1)c(=O)n(C)c1cc(O)ccc21. The van der Waals surface area contributed by atoms with E-state index >= 15 is 0 Å². The molecule has 0 bridgehead atoms. The molecule has 20 aromatic rings. The Morgan fingerprint density at radius 3 is 1.25 bits per heavy atom.